The van der Waals surface area contributed by atoms with Gasteiger partial charge in [-0.1, -0.05) is 25.5 Å². The molecule has 0 unspecified atom stereocenters. The van der Waals surface area contributed by atoms with Crippen molar-refractivity contribution in [3.63, 3.8) is 0 Å². The molecule has 5 N–H and O–H groups in total. The van der Waals surface area contributed by atoms with Crippen molar-refractivity contribution in [2.75, 3.05) is 6.54 Å². The lowest BCUT2D eigenvalue weighted by Crippen LogP contribution is -2.41. The van der Waals surface area contributed by atoms with Crippen LogP contribution in [-0.2, 0) is 16.0 Å². The van der Waals surface area contributed by atoms with E-state index >= 15 is 0 Å². The number of aryl methyl sites for hydroxylation is 1. The zero-order valence-corrected chi connectivity index (χ0v) is 13.5. The second-order valence-corrected chi connectivity index (χ2v) is 5.70. The number of primary amides is 1. The van der Waals surface area contributed by atoms with E-state index in [0.29, 0.717) is 19.4 Å². The van der Waals surface area contributed by atoms with Crippen molar-refractivity contribution in [1.82, 2.24) is 5.32 Å². The molecule has 0 saturated heterocycles. The van der Waals surface area contributed by atoms with Gasteiger partial charge in [-0.15, -0.1) is 0 Å². The minimum absolute atomic E-state index is 0.00606. The fraction of sp³-hybridized carbons (Fsp3) is 0.529. The van der Waals surface area contributed by atoms with Gasteiger partial charge in [0.15, 0.2) is 0 Å². The number of nitrogens with one attached hydrogen (secondary N) is 1. The molecule has 23 heavy (non-hydrogen) atoms. The largest absolute Gasteiger partial charge is 0.508 e. The van der Waals surface area contributed by atoms with Crippen molar-refractivity contribution in [3.8, 4) is 5.75 Å². The maximum Gasteiger partial charge on any atom is 0.232 e. The van der Waals surface area contributed by atoms with Gasteiger partial charge in [0.2, 0.25) is 11.8 Å². The average molecular weight is 322 g/mol. The zero-order chi connectivity index (χ0) is 17.2. The molecule has 0 heterocycles. The highest BCUT2D eigenvalue weighted by Crippen LogP contribution is 2.16. The third-order valence-corrected chi connectivity index (χ3v) is 3.67. The van der Waals surface area contributed by atoms with E-state index in [0.717, 1.165) is 18.4 Å². The summed E-state index contributed by atoms with van der Waals surface area (Å²) in [6.45, 7) is 2.50. The number of aliphatic hydroxyl groups is 1. The molecule has 0 spiro atoms. The first-order chi connectivity index (χ1) is 10.9. The zero-order valence-electron chi connectivity index (χ0n) is 13.5. The van der Waals surface area contributed by atoms with Gasteiger partial charge in [0.25, 0.3) is 0 Å². The van der Waals surface area contributed by atoms with Crippen LogP contribution in [0.25, 0.3) is 0 Å². The number of benzene rings is 1. The van der Waals surface area contributed by atoms with Gasteiger partial charge in [0, 0.05) is 6.54 Å². The third-order valence-electron chi connectivity index (χ3n) is 3.67. The number of amides is 2. The number of nitrogens with two attached hydrogens (primary N) is 1. The molecule has 128 valence electrons. The molecule has 0 radical (unpaired) electrons. The molecule has 0 aliphatic rings. The molecule has 0 aliphatic carbocycles. The summed E-state index contributed by atoms with van der Waals surface area (Å²) < 4.78 is 0. The summed E-state index contributed by atoms with van der Waals surface area (Å²) >= 11 is 0. The van der Waals surface area contributed by atoms with Crippen molar-refractivity contribution in [2.45, 2.75) is 45.1 Å². The Bertz CT molecular complexity index is 519. The van der Waals surface area contributed by atoms with Gasteiger partial charge >= 0.3 is 0 Å². The van der Waals surface area contributed by atoms with Gasteiger partial charge < -0.3 is 21.3 Å². The van der Waals surface area contributed by atoms with Crippen LogP contribution in [-0.4, -0.2) is 34.7 Å². The molecule has 2 atom stereocenters. The van der Waals surface area contributed by atoms with Gasteiger partial charge in [0.05, 0.1) is 6.10 Å². The van der Waals surface area contributed by atoms with Gasteiger partial charge in [-0.3, -0.25) is 9.59 Å². The molecule has 1 aromatic rings. The summed E-state index contributed by atoms with van der Waals surface area (Å²) in [6.07, 6.45) is 1.89. The Hall–Kier alpha value is -2.08. The fourth-order valence-electron chi connectivity index (χ4n) is 2.30. The number of unbranched alkanes of at least 4 members (excludes halogenated alkanes) is 1. The van der Waals surface area contributed by atoms with E-state index in [1.165, 1.54) is 0 Å². The van der Waals surface area contributed by atoms with Crippen LogP contribution in [0.4, 0.5) is 0 Å². The first-order valence-corrected chi connectivity index (χ1v) is 7.97. The number of hydrogen-bond acceptors (Lipinski definition) is 4. The molecule has 6 heteroatoms. The van der Waals surface area contributed by atoms with Gasteiger partial charge in [-0.2, -0.15) is 0 Å². The summed E-state index contributed by atoms with van der Waals surface area (Å²) in [5.41, 5.74) is 6.15. The van der Waals surface area contributed by atoms with E-state index in [4.69, 9.17) is 5.73 Å². The van der Waals surface area contributed by atoms with Crippen LogP contribution >= 0.6 is 0 Å². The first-order valence-electron chi connectivity index (χ1n) is 7.97. The Morgan fingerprint density at radius 1 is 1.35 bits per heavy atom. The van der Waals surface area contributed by atoms with E-state index in [2.05, 4.69) is 5.32 Å². The smallest absolute Gasteiger partial charge is 0.232 e. The topological polar surface area (TPSA) is 113 Å². The van der Waals surface area contributed by atoms with Crippen LogP contribution in [0.3, 0.4) is 0 Å². The van der Waals surface area contributed by atoms with Crippen LogP contribution in [0.2, 0.25) is 0 Å². The van der Waals surface area contributed by atoms with E-state index in [9.17, 15) is 19.8 Å². The Balaban J connectivity index is 2.48. The number of rotatable bonds is 10. The van der Waals surface area contributed by atoms with Crippen LogP contribution in [0.5, 0.6) is 5.75 Å². The number of aliphatic hydroxyl groups excluding tert-OH is 1. The number of hydrogen-bond donors (Lipinski definition) is 4. The van der Waals surface area contributed by atoms with Crippen LogP contribution in [0.15, 0.2) is 24.3 Å². The minimum atomic E-state index is -1.02. The van der Waals surface area contributed by atoms with E-state index < -0.39 is 23.8 Å². The Labute approximate surface area is 136 Å². The molecular formula is C17H26N2O4. The number of carbonyl (C=O) groups is 2. The quantitative estimate of drug-likeness (QED) is 0.381. The maximum absolute atomic E-state index is 12.0. The van der Waals surface area contributed by atoms with Crippen molar-refractivity contribution in [2.24, 2.45) is 11.7 Å². The number of carbonyl (C=O) groups excluding carboxylic acids is 2. The molecule has 0 aliphatic heterocycles. The van der Waals surface area contributed by atoms with Crippen LogP contribution in [0.1, 0.15) is 38.2 Å². The van der Waals surface area contributed by atoms with Crippen LogP contribution in [0, 0.1) is 5.92 Å². The van der Waals surface area contributed by atoms with E-state index in [1.807, 2.05) is 13.0 Å². The lowest BCUT2D eigenvalue weighted by Gasteiger charge is -2.17. The summed E-state index contributed by atoms with van der Waals surface area (Å²) in [5, 5.41) is 22.1. The van der Waals surface area contributed by atoms with Crippen molar-refractivity contribution >= 4 is 11.8 Å². The predicted molar refractivity (Wildman–Crippen MR) is 87.7 cm³/mol. The van der Waals surface area contributed by atoms with Gasteiger partial charge in [-0.05, 0) is 43.4 Å². The average Bonchev–Trinajstić information content (AvgIpc) is 2.50. The summed E-state index contributed by atoms with van der Waals surface area (Å²) in [5.74, 6) is -2.01. The summed E-state index contributed by atoms with van der Waals surface area (Å²) in [6, 6.07) is 6.76. The van der Waals surface area contributed by atoms with Crippen LogP contribution < -0.4 is 11.1 Å². The first kappa shape index (κ1) is 19.0. The second kappa shape index (κ2) is 9.84. The summed E-state index contributed by atoms with van der Waals surface area (Å²) in [7, 11) is 0. The molecular weight excluding hydrogens is 296 g/mol. The molecule has 0 aromatic heterocycles. The molecule has 1 aromatic carbocycles. The number of aromatic hydroxyl groups is 1. The monoisotopic (exact) mass is 322 g/mol. The van der Waals surface area contributed by atoms with Crippen molar-refractivity contribution in [1.29, 1.82) is 0 Å². The lowest BCUT2D eigenvalue weighted by atomic mass is 9.95. The number of phenols is 1. The molecule has 0 saturated carbocycles. The Kier molecular flexibility index (Phi) is 8.11. The highest BCUT2D eigenvalue weighted by atomic mass is 16.3. The molecule has 0 bridgehead atoms. The highest BCUT2D eigenvalue weighted by Gasteiger charge is 2.26. The molecule has 6 nitrogen and oxygen atoms in total. The van der Waals surface area contributed by atoms with Crippen molar-refractivity contribution < 1.29 is 19.8 Å². The molecule has 2 amide bonds. The van der Waals surface area contributed by atoms with Crippen molar-refractivity contribution in [3.05, 3.63) is 29.8 Å². The molecule has 1 rings (SSSR count). The highest BCUT2D eigenvalue weighted by molar-refractivity contribution is 5.99. The minimum Gasteiger partial charge on any atom is -0.508 e. The van der Waals surface area contributed by atoms with E-state index in [1.54, 1.807) is 18.2 Å². The summed E-state index contributed by atoms with van der Waals surface area (Å²) in [4.78, 5) is 23.4. The normalized spacial score (nSPS) is 13.3. The van der Waals surface area contributed by atoms with Gasteiger partial charge in [-0.25, -0.2) is 0 Å². The number of phenolic OH excluding ortho intramolecular Hbond substituents is 1. The second-order valence-electron chi connectivity index (χ2n) is 5.70. The van der Waals surface area contributed by atoms with E-state index in [-0.39, 0.29) is 12.2 Å². The standard InChI is InChI=1S/C17H26N2O4/c1-2-3-9-19-17(23)15(16(18)22)11-14(21)8-7-12-5-4-6-13(20)10-12/h4-6,10,14-15,20-21H,2-3,7-9,11H2,1H3,(H2,18,22)(H,19,23)/t14-,15+/m0/s1. The lowest BCUT2D eigenvalue weighted by molar-refractivity contribution is -0.134. The fourth-order valence-corrected chi connectivity index (χ4v) is 2.30. The predicted octanol–water partition coefficient (Wildman–Crippen LogP) is 1.09. The molecule has 0 fully saturated rings. The third kappa shape index (κ3) is 7.15. The Morgan fingerprint density at radius 3 is 2.70 bits per heavy atom. The maximum atomic E-state index is 12.0. The Morgan fingerprint density at radius 2 is 2.09 bits per heavy atom. The van der Waals surface area contributed by atoms with Gasteiger partial charge in [0.1, 0.15) is 11.7 Å². The SMILES string of the molecule is CCCCNC(=O)[C@H](C[C@@H](O)CCc1cccc(O)c1)C(N)=O.